The Kier molecular flexibility index (Phi) is 3.81. The lowest BCUT2D eigenvalue weighted by Crippen LogP contribution is -2.12. The number of benzene rings is 1. The van der Waals surface area contributed by atoms with Crippen LogP contribution in [0.25, 0.3) is 11.2 Å². The predicted octanol–water partition coefficient (Wildman–Crippen LogP) is 1.85. The summed E-state index contributed by atoms with van der Waals surface area (Å²) in [5.41, 5.74) is 1.44. The zero-order valence-corrected chi connectivity index (χ0v) is 11.5. The number of H-pyrrole nitrogens is 1. The summed E-state index contributed by atoms with van der Waals surface area (Å²) in [5.74, 6) is 2.32. The van der Waals surface area contributed by atoms with Gasteiger partial charge in [0.1, 0.15) is 29.9 Å². The average molecular weight is 285 g/mol. The number of nitrogens with zero attached hydrogens (tertiary/aromatic N) is 3. The van der Waals surface area contributed by atoms with Crippen molar-refractivity contribution in [2.45, 2.75) is 0 Å². The molecule has 2 heterocycles. The van der Waals surface area contributed by atoms with E-state index in [-0.39, 0.29) is 0 Å². The molecule has 0 aliphatic carbocycles. The number of methoxy groups -OCH3 is 1. The van der Waals surface area contributed by atoms with Gasteiger partial charge < -0.3 is 19.8 Å². The van der Waals surface area contributed by atoms with Gasteiger partial charge in [0.2, 0.25) is 0 Å². The van der Waals surface area contributed by atoms with E-state index >= 15 is 0 Å². The van der Waals surface area contributed by atoms with Crippen molar-refractivity contribution in [2.24, 2.45) is 0 Å². The zero-order chi connectivity index (χ0) is 14.5. The number of hydrogen-bond donors (Lipinski definition) is 2. The van der Waals surface area contributed by atoms with E-state index in [0.29, 0.717) is 18.8 Å². The number of rotatable bonds is 6. The minimum atomic E-state index is 0.520. The number of ether oxygens (including phenoxy) is 2. The Balaban J connectivity index is 1.53. The first-order chi connectivity index (χ1) is 10.4. The van der Waals surface area contributed by atoms with E-state index in [4.69, 9.17) is 9.47 Å². The Hall–Kier alpha value is -2.83. The van der Waals surface area contributed by atoms with Gasteiger partial charge in [0.25, 0.3) is 0 Å². The maximum absolute atomic E-state index is 5.63. The first-order valence-corrected chi connectivity index (χ1v) is 6.51. The third kappa shape index (κ3) is 3.02. The Morgan fingerprint density at radius 3 is 2.71 bits per heavy atom. The third-order valence-electron chi connectivity index (χ3n) is 2.95. The van der Waals surface area contributed by atoms with Crippen LogP contribution < -0.4 is 14.8 Å². The van der Waals surface area contributed by atoms with Gasteiger partial charge in [0, 0.05) is 0 Å². The van der Waals surface area contributed by atoms with Crippen LogP contribution in [0.4, 0.5) is 5.82 Å². The second-order valence-electron chi connectivity index (χ2n) is 4.27. The molecule has 0 aliphatic rings. The van der Waals surface area contributed by atoms with Crippen LogP contribution in [0.3, 0.4) is 0 Å². The summed E-state index contributed by atoms with van der Waals surface area (Å²) in [6, 6.07) is 7.47. The molecule has 1 aromatic carbocycles. The van der Waals surface area contributed by atoms with Crippen LogP contribution in [0.2, 0.25) is 0 Å². The maximum Gasteiger partial charge on any atom is 0.182 e. The molecule has 3 rings (SSSR count). The van der Waals surface area contributed by atoms with Crippen LogP contribution in [0.1, 0.15) is 0 Å². The summed E-state index contributed by atoms with van der Waals surface area (Å²) in [6.45, 7) is 1.14. The van der Waals surface area contributed by atoms with Crippen molar-refractivity contribution >= 4 is 17.0 Å². The molecule has 7 nitrogen and oxygen atoms in total. The lowest BCUT2D eigenvalue weighted by atomic mass is 10.3. The van der Waals surface area contributed by atoms with Crippen LogP contribution in [0.5, 0.6) is 11.5 Å². The largest absolute Gasteiger partial charge is 0.497 e. The van der Waals surface area contributed by atoms with Gasteiger partial charge in [0.15, 0.2) is 11.5 Å². The van der Waals surface area contributed by atoms with E-state index in [1.807, 2.05) is 24.3 Å². The summed E-state index contributed by atoms with van der Waals surface area (Å²) >= 11 is 0. The van der Waals surface area contributed by atoms with E-state index in [0.717, 1.165) is 22.8 Å². The molecule has 0 fully saturated rings. The van der Waals surface area contributed by atoms with Gasteiger partial charge >= 0.3 is 0 Å². The molecule has 0 aliphatic heterocycles. The lowest BCUT2D eigenvalue weighted by molar-refractivity contribution is 0.331. The van der Waals surface area contributed by atoms with E-state index < -0.39 is 0 Å². The van der Waals surface area contributed by atoms with Gasteiger partial charge in [-0.25, -0.2) is 15.0 Å². The average Bonchev–Trinajstić information content (AvgIpc) is 3.01. The minimum Gasteiger partial charge on any atom is -0.497 e. The summed E-state index contributed by atoms with van der Waals surface area (Å²) < 4.78 is 10.7. The van der Waals surface area contributed by atoms with Gasteiger partial charge in [-0.05, 0) is 24.3 Å². The van der Waals surface area contributed by atoms with Crippen LogP contribution in [0.15, 0.2) is 36.9 Å². The molecule has 2 aromatic heterocycles. The molecular formula is C14H15N5O2. The molecule has 0 atom stereocenters. The molecule has 7 heteroatoms. The molecular weight excluding hydrogens is 270 g/mol. The summed E-state index contributed by atoms with van der Waals surface area (Å²) in [4.78, 5) is 15.3. The first-order valence-electron chi connectivity index (χ1n) is 6.51. The molecule has 0 amide bonds. The molecule has 0 radical (unpaired) electrons. The van der Waals surface area contributed by atoms with E-state index in [9.17, 15) is 0 Å². The lowest BCUT2D eigenvalue weighted by Gasteiger charge is -2.08. The van der Waals surface area contributed by atoms with Crippen molar-refractivity contribution in [3.8, 4) is 11.5 Å². The Morgan fingerprint density at radius 2 is 1.90 bits per heavy atom. The second-order valence-corrected chi connectivity index (χ2v) is 4.27. The Labute approximate surface area is 121 Å². The fourth-order valence-electron chi connectivity index (χ4n) is 1.91. The fraction of sp³-hybridized carbons (Fsp3) is 0.214. The molecule has 3 aromatic rings. The van der Waals surface area contributed by atoms with Crippen molar-refractivity contribution in [1.29, 1.82) is 0 Å². The van der Waals surface area contributed by atoms with Gasteiger partial charge in [-0.3, -0.25) is 0 Å². The van der Waals surface area contributed by atoms with E-state index in [1.165, 1.54) is 6.33 Å². The SMILES string of the molecule is COc1ccc(OCCNc2ncnc3nc[nH]c23)cc1. The van der Waals surface area contributed by atoms with Gasteiger partial charge in [0.05, 0.1) is 20.0 Å². The highest BCUT2D eigenvalue weighted by Gasteiger charge is 2.04. The van der Waals surface area contributed by atoms with E-state index in [1.54, 1.807) is 13.4 Å². The second kappa shape index (κ2) is 6.08. The van der Waals surface area contributed by atoms with Gasteiger partial charge in [-0.2, -0.15) is 0 Å². The van der Waals surface area contributed by atoms with Crippen molar-refractivity contribution in [1.82, 2.24) is 19.9 Å². The minimum absolute atomic E-state index is 0.520. The van der Waals surface area contributed by atoms with Gasteiger partial charge in [-0.1, -0.05) is 0 Å². The highest BCUT2D eigenvalue weighted by molar-refractivity contribution is 5.81. The van der Waals surface area contributed by atoms with Crippen molar-refractivity contribution in [3.63, 3.8) is 0 Å². The molecule has 108 valence electrons. The summed E-state index contributed by atoms with van der Waals surface area (Å²) in [7, 11) is 1.64. The molecule has 2 N–H and O–H groups in total. The number of aromatic amines is 1. The maximum atomic E-state index is 5.63. The standard InChI is InChI=1S/C14H15N5O2/c1-20-10-2-4-11(5-3-10)21-7-6-15-13-12-14(17-8-16-12)19-9-18-13/h2-5,8-9H,6-7H2,1H3,(H2,15,16,17,18,19). The van der Waals surface area contributed by atoms with Crippen molar-refractivity contribution in [2.75, 3.05) is 25.6 Å². The Morgan fingerprint density at radius 1 is 1.10 bits per heavy atom. The monoisotopic (exact) mass is 285 g/mol. The molecule has 0 bridgehead atoms. The number of anilines is 1. The number of imidazole rings is 1. The quantitative estimate of drug-likeness (QED) is 0.672. The molecule has 0 saturated carbocycles. The molecule has 0 unspecified atom stereocenters. The number of nitrogens with one attached hydrogen (secondary N) is 2. The topological polar surface area (TPSA) is 84.9 Å². The fourth-order valence-corrected chi connectivity index (χ4v) is 1.91. The van der Waals surface area contributed by atoms with Crippen LogP contribution in [-0.2, 0) is 0 Å². The number of aromatic nitrogens is 4. The smallest absolute Gasteiger partial charge is 0.182 e. The van der Waals surface area contributed by atoms with E-state index in [2.05, 4.69) is 25.3 Å². The van der Waals surface area contributed by atoms with Crippen LogP contribution >= 0.6 is 0 Å². The Bertz CT molecular complexity index is 711. The van der Waals surface area contributed by atoms with Crippen molar-refractivity contribution in [3.05, 3.63) is 36.9 Å². The summed E-state index contributed by atoms with van der Waals surface area (Å²) in [5, 5.41) is 3.19. The molecule has 0 saturated heterocycles. The summed E-state index contributed by atoms with van der Waals surface area (Å²) in [6.07, 6.45) is 3.08. The van der Waals surface area contributed by atoms with Crippen LogP contribution in [0, 0.1) is 0 Å². The molecule has 21 heavy (non-hydrogen) atoms. The van der Waals surface area contributed by atoms with Crippen molar-refractivity contribution < 1.29 is 9.47 Å². The third-order valence-corrected chi connectivity index (χ3v) is 2.95. The number of hydrogen-bond acceptors (Lipinski definition) is 6. The number of fused-ring (bicyclic) bond motifs is 1. The normalized spacial score (nSPS) is 10.5. The van der Waals surface area contributed by atoms with Gasteiger partial charge in [-0.15, -0.1) is 0 Å². The predicted molar refractivity (Wildman–Crippen MR) is 78.7 cm³/mol. The van der Waals surface area contributed by atoms with Crippen LogP contribution in [-0.4, -0.2) is 40.2 Å². The zero-order valence-electron chi connectivity index (χ0n) is 11.5. The molecule has 0 spiro atoms. The first kappa shape index (κ1) is 13.2. The highest BCUT2D eigenvalue weighted by Crippen LogP contribution is 2.17. The highest BCUT2D eigenvalue weighted by atomic mass is 16.5.